The van der Waals surface area contributed by atoms with E-state index in [0.29, 0.717) is 5.82 Å². The molecule has 0 saturated carbocycles. The molecule has 0 spiro atoms. The maximum Gasteiger partial charge on any atom is 0.278 e. The lowest BCUT2D eigenvalue weighted by atomic mass is 10.2. The van der Waals surface area contributed by atoms with Crippen molar-refractivity contribution in [2.45, 2.75) is 6.92 Å². The molecule has 0 saturated heterocycles. The summed E-state index contributed by atoms with van der Waals surface area (Å²) in [5.74, 6) is -0.274. The molecule has 0 aliphatic carbocycles. The van der Waals surface area contributed by atoms with Crippen molar-refractivity contribution in [3.63, 3.8) is 0 Å². The van der Waals surface area contributed by atoms with Gasteiger partial charge in [0.05, 0.1) is 5.69 Å². The molecule has 0 aliphatic heterocycles. The maximum atomic E-state index is 13.6. The van der Waals surface area contributed by atoms with E-state index >= 15 is 0 Å². The van der Waals surface area contributed by atoms with Gasteiger partial charge in [0.15, 0.2) is 5.69 Å². The summed E-state index contributed by atoms with van der Waals surface area (Å²) >= 11 is 0. The maximum absolute atomic E-state index is 13.6. The number of benzene rings is 1. The molecule has 0 unspecified atom stereocenters. The predicted octanol–water partition coefficient (Wildman–Crippen LogP) is 2.32. The Morgan fingerprint density at radius 2 is 2.00 bits per heavy atom. The van der Waals surface area contributed by atoms with Gasteiger partial charge in [0.1, 0.15) is 11.6 Å². The van der Waals surface area contributed by atoms with Crippen molar-refractivity contribution < 1.29 is 9.18 Å². The predicted molar refractivity (Wildman–Crippen MR) is 75.3 cm³/mol. The average molecular weight is 274 g/mol. The van der Waals surface area contributed by atoms with Crippen molar-refractivity contribution >= 4 is 17.4 Å². The van der Waals surface area contributed by atoms with E-state index in [4.69, 9.17) is 0 Å². The van der Waals surface area contributed by atoms with Crippen LogP contribution in [0.5, 0.6) is 0 Å². The number of carbonyl (C=O) groups excluding carboxylic acids is 1. The van der Waals surface area contributed by atoms with Gasteiger partial charge >= 0.3 is 0 Å². The molecule has 2 rings (SSSR count). The van der Waals surface area contributed by atoms with Gasteiger partial charge in [-0.25, -0.2) is 4.39 Å². The van der Waals surface area contributed by atoms with Crippen LogP contribution in [0.1, 0.15) is 17.4 Å². The molecule has 1 aromatic carbocycles. The number of para-hydroxylation sites is 1. The van der Waals surface area contributed by atoms with Crippen molar-refractivity contribution in [3.05, 3.63) is 47.9 Å². The number of nitrogens with zero attached hydrogens (tertiary/aromatic N) is 3. The SMILES string of the molecule is CCNc1ccc(C(=O)N(C)c2ccccc2F)nn1. The number of amides is 1. The summed E-state index contributed by atoms with van der Waals surface area (Å²) in [5, 5.41) is 10.7. The van der Waals surface area contributed by atoms with Crippen molar-refractivity contribution in [2.24, 2.45) is 0 Å². The normalized spacial score (nSPS) is 10.2. The van der Waals surface area contributed by atoms with Crippen LogP contribution >= 0.6 is 0 Å². The zero-order chi connectivity index (χ0) is 14.5. The van der Waals surface area contributed by atoms with Crippen LogP contribution in [0.2, 0.25) is 0 Å². The van der Waals surface area contributed by atoms with Crippen LogP contribution < -0.4 is 10.2 Å². The summed E-state index contributed by atoms with van der Waals surface area (Å²) in [6.45, 7) is 2.66. The molecule has 104 valence electrons. The Kier molecular flexibility index (Phi) is 4.24. The fourth-order valence-corrected chi connectivity index (χ4v) is 1.73. The minimum absolute atomic E-state index is 0.164. The highest BCUT2D eigenvalue weighted by atomic mass is 19.1. The Morgan fingerprint density at radius 3 is 2.60 bits per heavy atom. The average Bonchev–Trinajstić information content (AvgIpc) is 2.47. The quantitative estimate of drug-likeness (QED) is 0.929. The van der Waals surface area contributed by atoms with Crippen molar-refractivity contribution in [3.8, 4) is 0 Å². The third-order valence-corrected chi connectivity index (χ3v) is 2.76. The van der Waals surface area contributed by atoms with E-state index in [0.717, 1.165) is 6.54 Å². The molecule has 1 N–H and O–H groups in total. The molecule has 0 aliphatic rings. The van der Waals surface area contributed by atoms with Gasteiger partial charge in [0, 0.05) is 13.6 Å². The van der Waals surface area contributed by atoms with E-state index < -0.39 is 11.7 Å². The zero-order valence-electron chi connectivity index (χ0n) is 11.3. The molecular weight excluding hydrogens is 259 g/mol. The van der Waals surface area contributed by atoms with Gasteiger partial charge in [0.25, 0.3) is 5.91 Å². The Hall–Kier alpha value is -2.50. The van der Waals surface area contributed by atoms with Crippen LogP contribution in [0.15, 0.2) is 36.4 Å². The molecule has 2 aromatic rings. The lowest BCUT2D eigenvalue weighted by Crippen LogP contribution is -2.28. The fourth-order valence-electron chi connectivity index (χ4n) is 1.73. The molecule has 0 atom stereocenters. The van der Waals surface area contributed by atoms with Crippen molar-refractivity contribution in [1.29, 1.82) is 0 Å². The number of halogens is 1. The summed E-state index contributed by atoms with van der Waals surface area (Å²) in [5.41, 5.74) is 0.368. The summed E-state index contributed by atoms with van der Waals surface area (Å²) in [7, 11) is 1.50. The van der Waals surface area contributed by atoms with Crippen LogP contribution in [-0.4, -0.2) is 29.7 Å². The van der Waals surface area contributed by atoms with Gasteiger partial charge in [-0.1, -0.05) is 12.1 Å². The molecule has 1 aromatic heterocycles. The molecule has 20 heavy (non-hydrogen) atoms. The highest BCUT2D eigenvalue weighted by Crippen LogP contribution is 2.18. The number of hydrogen-bond donors (Lipinski definition) is 1. The molecule has 0 fully saturated rings. The molecule has 5 nitrogen and oxygen atoms in total. The van der Waals surface area contributed by atoms with Gasteiger partial charge in [0.2, 0.25) is 0 Å². The van der Waals surface area contributed by atoms with E-state index in [2.05, 4.69) is 15.5 Å². The number of aromatic nitrogens is 2. The third kappa shape index (κ3) is 2.90. The van der Waals surface area contributed by atoms with Crippen LogP contribution in [0.3, 0.4) is 0 Å². The third-order valence-electron chi connectivity index (χ3n) is 2.76. The second-order valence-corrected chi connectivity index (χ2v) is 4.15. The van der Waals surface area contributed by atoms with Gasteiger partial charge in [-0.05, 0) is 31.2 Å². The van der Waals surface area contributed by atoms with Gasteiger partial charge in [-0.2, -0.15) is 0 Å². The van der Waals surface area contributed by atoms with Crippen LogP contribution in [0.4, 0.5) is 15.9 Å². The van der Waals surface area contributed by atoms with Crippen LogP contribution in [0.25, 0.3) is 0 Å². The first-order chi connectivity index (χ1) is 9.63. The highest BCUT2D eigenvalue weighted by molar-refractivity contribution is 6.04. The minimum Gasteiger partial charge on any atom is -0.369 e. The second kappa shape index (κ2) is 6.10. The largest absolute Gasteiger partial charge is 0.369 e. The summed E-state index contributed by atoms with van der Waals surface area (Å²) < 4.78 is 13.6. The van der Waals surface area contributed by atoms with E-state index in [9.17, 15) is 9.18 Å². The molecule has 0 radical (unpaired) electrons. The first kappa shape index (κ1) is 13.9. The summed E-state index contributed by atoms with van der Waals surface area (Å²) in [6.07, 6.45) is 0. The van der Waals surface area contributed by atoms with Gasteiger partial charge in [-0.3, -0.25) is 4.79 Å². The Morgan fingerprint density at radius 1 is 1.25 bits per heavy atom. The lowest BCUT2D eigenvalue weighted by molar-refractivity contribution is 0.0986. The first-order valence-electron chi connectivity index (χ1n) is 6.23. The van der Waals surface area contributed by atoms with Gasteiger partial charge in [-0.15, -0.1) is 10.2 Å². The second-order valence-electron chi connectivity index (χ2n) is 4.15. The monoisotopic (exact) mass is 274 g/mol. The molecule has 1 heterocycles. The number of hydrogen-bond acceptors (Lipinski definition) is 4. The fraction of sp³-hybridized carbons (Fsp3) is 0.214. The van der Waals surface area contributed by atoms with E-state index in [-0.39, 0.29) is 11.4 Å². The Bertz CT molecular complexity index is 600. The first-order valence-corrected chi connectivity index (χ1v) is 6.23. The summed E-state index contributed by atoms with van der Waals surface area (Å²) in [4.78, 5) is 13.4. The molecular formula is C14H15FN4O. The van der Waals surface area contributed by atoms with E-state index in [1.54, 1.807) is 24.3 Å². The van der Waals surface area contributed by atoms with E-state index in [1.165, 1.54) is 24.1 Å². The van der Waals surface area contributed by atoms with Crippen molar-refractivity contribution in [2.75, 3.05) is 23.8 Å². The van der Waals surface area contributed by atoms with Crippen molar-refractivity contribution in [1.82, 2.24) is 10.2 Å². The molecule has 6 heteroatoms. The number of carbonyl (C=O) groups is 1. The Labute approximate surface area is 116 Å². The minimum atomic E-state index is -0.458. The lowest BCUT2D eigenvalue weighted by Gasteiger charge is -2.17. The van der Waals surface area contributed by atoms with E-state index in [1.807, 2.05) is 6.92 Å². The number of rotatable bonds is 4. The van der Waals surface area contributed by atoms with Gasteiger partial charge < -0.3 is 10.2 Å². The summed E-state index contributed by atoms with van der Waals surface area (Å²) in [6, 6.07) is 9.31. The number of nitrogens with one attached hydrogen (secondary N) is 1. The molecule has 0 bridgehead atoms. The Balaban J connectivity index is 2.20. The standard InChI is InChI=1S/C14H15FN4O/c1-3-16-13-9-8-11(17-18-13)14(20)19(2)12-7-5-4-6-10(12)15/h4-9H,3H2,1-2H3,(H,16,18). The number of anilines is 2. The topological polar surface area (TPSA) is 58.1 Å². The highest BCUT2D eigenvalue weighted by Gasteiger charge is 2.17. The van der Waals surface area contributed by atoms with Crippen LogP contribution in [0, 0.1) is 5.82 Å². The molecule has 1 amide bonds. The van der Waals surface area contributed by atoms with Crippen LogP contribution in [-0.2, 0) is 0 Å². The zero-order valence-corrected chi connectivity index (χ0v) is 11.3. The smallest absolute Gasteiger partial charge is 0.278 e.